The molecule has 2 N–H and O–H groups in total. The van der Waals surface area contributed by atoms with Crippen molar-refractivity contribution >= 4 is 17.7 Å². The predicted octanol–water partition coefficient (Wildman–Crippen LogP) is 2.62. The van der Waals surface area contributed by atoms with Crippen molar-refractivity contribution in [1.82, 2.24) is 0 Å². The molecule has 0 amide bonds. The summed E-state index contributed by atoms with van der Waals surface area (Å²) in [5.74, 6) is -3.01. The van der Waals surface area contributed by atoms with Gasteiger partial charge in [-0.2, -0.15) is 0 Å². The van der Waals surface area contributed by atoms with E-state index in [2.05, 4.69) is 0 Å². The molecule has 0 aromatic heterocycles. The van der Waals surface area contributed by atoms with Crippen LogP contribution in [0.25, 0.3) is 0 Å². The summed E-state index contributed by atoms with van der Waals surface area (Å²) in [6.45, 7) is 5.17. The van der Waals surface area contributed by atoms with E-state index in [0.29, 0.717) is 5.56 Å². The van der Waals surface area contributed by atoms with Gasteiger partial charge in [0, 0.05) is 12.0 Å². The SMILES string of the molecule is Cc1ccc(C(=O)O)c(C(=O)CC(C)C)c1C(=O)O. The van der Waals surface area contributed by atoms with Gasteiger partial charge >= 0.3 is 11.9 Å². The number of benzene rings is 1. The second-order valence-corrected chi connectivity index (χ2v) is 4.81. The number of ketones is 1. The first kappa shape index (κ1) is 14.9. The van der Waals surface area contributed by atoms with Crippen molar-refractivity contribution in [1.29, 1.82) is 0 Å². The Morgan fingerprint density at radius 1 is 1.05 bits per heavy atom. The van der Waals surface area contributed by atoms with Gasteiger partial charge in [-0.25, -0.2) is 9.59 Å². The fourth-order valence-corrected chi connectivity index (χ4v) is 1.92. The van der Waals surface area contributed by atoms with Gasteiger partial charge < -0.3 is 10.2 Å². The molecule has 0 saturated heterocycles. The molecule has 19 heavy (non-hydrogen) atoms. The highest BCUT2D eigenvalue weighted by Crippen LogP contribution is 2.22. The molecule has 0 aliphatic carbocycles. The third-order valence-electron chi connectivity index (χ3n) is 2.73. The number of carboxylic acids is 2. The van der Waals surface area contributed by atoms with Crippen LogP contribution in [0, 0.1) is 12.8 Å². The standard InChI is InChI=1S/C14H16O5/c1-7(2)6-10(15)12-9(13(16)17)5-4-8(3)11(12)14(18)19/h4-5,7H,6H2,1-3H3,(H,16,17)(H,18,19). The molecule has 0 spiro atoms. The Bertz CT molecular complexity index is 543. The van der Waals surface area contributed by atoms with Gasteiger partial charge in [0.2, 0.25) is 0 Å². The average Bonchev–Trinajstić information content (AvgIpc) is 2.26. The normalized spacial score (nSPS) is 10.5. The van der Waals surface area contributed by atoms with Crippen LogP contribution in [0.5, 0.6) is 0 Å². The second kappa shape index (κ2) is 5.65. The van der Waals surface area contributed by atoms with E-state index in [1.54, 1.807) is 6.92 Å². The quantitative estimate of drug-likeness (QED) is 0.797. The topological polar surface area (TPSA) is 91.7 Å². The van der Waals surface area contributed by atoms with Crippen LogP contribution in [0.2, 0.25) is 0 Å². The molecular formula is C14H16O5. The lowest BCUT2D eigenvalue weighted by Gasteiger charge is -2.12. The van der Waals surface area contributed by atoms with Crippen molar-refractivity contribution in [3.63, 3.8) is 0 Å². The minimum absolute atomic E-state index is 0.0244. The first-order chi connectivity index (χ1) is 8.75. The van der Waals surface area contributed by atoms with Crippen LogP contribution in [-0.2, 0) is 0 Å². The lowest BCUT2D eigenvalue weighted by atomic mass is 9.90. The van der Waals surface area contributed by atoms with Crippen LogP contribution in [0.15, 0.2) is 12.1 Å². The Morgan fingerprint density at radius 3 is 2.05 bits per heavy atom. The molecule has 1 aromatic rings. The Labute approximate surface area is 110 Å². The van der Waals surface area contributed by atoms with Crippen molar-refractivity contribution in [2.45, 2.75) is 27.2 Å². The molecule has 102 valence electrons. The number of hydrogen-bond donors (Lipinski definition) is 2. The van der Waals surface area contributed by atoms with Crippen molar-refractivity contribution < 1.29 is 24.6 Å². The lowest BCUT2D eigenvalue weighted by Crippen LogP contribution is -2.17. The largest absolute Gasteiger partial charge is 0.478 e. The van der Waals surface area contributed by atoms with E-state index in [9.17, 15) is 19.5 Å². The maximum Gasteiger partial charge on any atom is 0.336 e. The van der Waals surface area contributed by atoms with Crippen LogP contribution in [0.3, 0.4) is 0 Å². The van der Waals surface area contributed by atoms with E-state index in [1.807, 2.05) is 13.8 Å². The van der Waals surface area contributed by atoms with Gasteiger partial charge in [0.1, 0.15) is 0 Å². The fourth-order valence-electron chi connectivity index (χ4n) is 1.92. The number of Topliss-reactive ketones (excluding diaryl/α,β-unsaturated/α-hetero) is 1. The molecule has 0 bridgehead atoms. The minimum atomic E-state index is -1.30. The summed E-state index contributed by atoms with van der Waals surface area (Å²) < 4.78 is 0. The number of rotatable bonds is 5. The van der Waals surface area contributed by atoms with Gasteiger partial charge in [-0.15, -0.1) is 0 Å². The molecule has 5 heteroatoms. The molecule has 0 atom stereocenters. The molecule has 0 fully saturated rings. The van der Waals surface area contributed by atoms with E-state index in [0.717, 1.165) is 0 Å². The molecule has 0 heterocycles. The third-order valence-corrected chi connectivity index (χ3v) is 2.73. The molecule has 1 aromatic carbocycles. The van der Waals surface area contributed by atoms with Crippen molar-refractivity contribution in [3.05, 3.63) is 34.4 Å². The second-order valence-electron chi connectivity index (χ2n) is 4.81. The molecule has 0 radical (unpaired) electrons. The summed E-state index contributed by atoms with van der Waals surface area (Å²) in [4.78, 5) is 34.5. The summed E-state index contributed by atoms with van der Waals surface area (Å²) in [6.07, 6.45) is 0.115. The number of carbonyl (C=O) groups excluding carboxylic acids is 1. The van der Waals surface area contributed by atoms with Gasteiger partial charge in [0.05, 0.1) is 11.1 Å². The Hall–Kier alpha value is -2.17. The number of carbonyl (C=O) groups is 3. The van der Waals surface area contributed by atoms with Gasteiger partial charge in [0.25, 0.3) is 0 Å². The van der Waals surface area contributed by atoms with Crippen LogP contribution < -0.4 is 0 Å². The van der Waals surface area contributed by atoms with Crippen LogP contribution >= 0.6 is 0 Å². The molecule has 0 aliphatic heterocycles. The van der Waals surface area contributed by atoms with Crippen molar-refractivity contribution in [2.24, 2.45) is 5.92 Å². The zero-order valence-corrected chi connectivity index (χ0v) is 11.1. The van der Waals surface area contributed by atoms with E-state index in [-0.39, 0.29) is 29.0 Å². The highest BCUT2D eigenvalue weighted by molar-refractivity contribution is 6.12. The lowest BCUT2D eigenvalue weighted by molar-refractivity contribution is 0.0686. The summed E-state index contributed by atoms with van der Waals surface area (Å²) in [5, 5.41) is 18.3. The summed E-state index contributed by atoms with van der Waals surface area (Å²) >= 11 is 0. The van der Waals surface area contributed by atoms with Gasteiger partial charge in [0.15, 0.2) is 5.78 Å². The van der Waals surface area contributed by atoms with Crippen molar-refractivity contribution in [3.8, 4) is 0 Å². The summed E-state index contributed by atoms with van der Waals surface area (Å²) in [7, 11) is 0. The van der Waals surface area contributed by atoms with E-state index in [4.69, 9.17) is 5.11 Å². The molecule has 1 rings (SSSR count). The van der Waals surface area contributed by atoms with Crippen LogP contribution in [0.4, 0.5) is 0 Å². The first-order valence-electron chi connectivity index (χ1n) is 5.89. The summed E-state index contributed by atoms with van der Waals surface area (Å²) in [6, 6.07) is 2.68. The minimum Gasteiger partial charge on any atom is -0.478 e. The number of carboxylic acid groups (broad SMARTS) is 2. The van der Waals surface area contributed by atoms with Crippen LogP contribution in [0.1, 0.15) is 56.9 Å². The average molecular weight is 264 g/mol. The molecule has 0 unspecified atom stereocenters. The monoisotopic (exact) mass is 264 g/mol. The fraction of sp³-hybridized carbons (Fsp3) is 0.357. The smallest absolute Gasteiger partial charge is 0.336 e. The maximum atomic E-state index is 12.1. The zero-order chi connectivity index (χ0) is 14.7. The van der Waals surface area contributed by atoms with E-state index >= 15 is 0 Å². The van der Waals surface area contributed by atoms with Crippen molar-refractivity contribution in [2.75, 3.05) is 0 Å². The van der Waals surface area contributed by atoms with Gasteiger partial charge in [-0.3, -0.25) is 4.79 Å². The number of aryl methyl sites for hydroxylation is 1. The number of aromatic carboxylic acids is 2. The van der Waals surface area contributed by atoms with Gasteiger partial charge in [-0.05, 0) is 24.5 Å². The summed E-state index contributed by atoms with van der Waals surface area (Å²) in [5.41, 5.74) is -0.294. The van der Waals surface area contributed by atoms with E-state index < -0.39 is 17.7 Å². The highest BCUT2D eigenvalue weighted by atomic mass is 16.4. The first-order valence-corrected chi connectivity index (χ1v) is 5.89. The maximum absolute atomic E-state index is 12.1. The molecule has 5 nitrogen and oxygen atoms in total. The van der Waals surface area contributed by atoms with Crippen LogP contribution in [-0.4, -0.2) is 27.9 Å². The highest BCUT2D eigenvalue weighted by Gasteiger charge is 2.25. The Morgan fingerprint density at radius 2 is 1.63 bits per heavy atom. The molecule has 0 saturated carbocycles. The Kier molecular flexibility index (Phi) is 4.43. The van der Waals surface area contributed by atoms with E-state index in [1.165, 1.54) is 12.1 Å². The Balaban J connectivity index is 3.55. The van der Waals surface area contributed by atoms with Gasteiger partial charge in [-0.1, -0.05) is 19.9 Å². The number of hydrogen-bond acceptors (Lipinski definition) is 3. The predicted molar refractivity (Wildman–Crippen MR) is 68.9 cm³/mol. The molecular weight excluding hydrogens is 248 g/mol. The zero-order valence-electron chi connectivity index (χ0n) is 11.1. The molecule has 0 aliphatic rings. The third kappa shape index (κ3) is 3.19.